The van der Waals surface area contributed by atoms with Crippen LogP contribution >= 0.6 is 0 Å². The zero-order valence-electron chi connectivity index (χ0n) is 10.1. The van der Waals surface area contributed by atoms with Gasteiger partial charge in [-0.25, -0.2) is 4.39 Å². The number of amidine groups is 1. The summed E-state index contributed by atoms with van der Waals surface area (Å²) in [7, 11) is 0. The van der Waals surface area contributed by atoms with Gasteiger partial charge >= 0.3 is 0 Å². The van der Waals surface area contributed by atoms with Crippen LogP contribution in [-0.2, 0) is 6.61 Å². The third-order valence-electron chi connectivity index (χ3n) is 2.59. The second kappa shape index (κ2) is 5.86. The molecule has 0 bridgehead atoms. The Bertz CT molecular complexity index is 582. The van der Waals surface area contributed by atoms with Gasteiger partial charge in [-0.3, -0.25) is 0 Å². The Balaban J connectivity index is 2.03. The van der Waals surface area contributed by atoms with Gasteiger partial charge < -0.3 is 15.7 Å². The van der Waals surface area contributed by atoms with E-state index in [2.05, 4.69) is 5.16 Å². The van der Waals surface area contributed by atoms with Crippen molar-refractivity contribution < 1.29 is 14.3 Å². The van der Waals surface area contributed by atoms with Gasteiger partial charge in [0.25, 0.3) is 0 Å². The van der Waals surface area contributed by atoms with Crippen molar-refractivity contribution in [3.8, 4) is 5.75 Å². The molecule has 3 N–H and O–H groups in total. The Labute approximate surface area is 109 Å². The summed E-state index contributed by atoms with van der Waals surface area (Å²) in [5.74, 6) is -0.139. The van der Waals surface area contributed by atoms with Gasteiger partial charge in [0.2, 0.25) is 0 Å². The standard InChI is InChI=1S/C14H13FN2O2/c15-12-3-1-2-4-13(12)19-9-10-5-7-11(8-6-10)14(16)17-18/h1-8,18H,9H2,(H2,16,17). The lowest BCUT2D eigenvalue weighted by Crippen LogP contribution is -2.12. The quantitative estimate of drug-likeness (QED) is 0.384. The molecule has 98 valence electrons. The largest absolute Gasteiger partial charge is 0.486 e. The molecule has 0 atom stereocenters. The summed E-state index contributed by atoms with van der Waals surface area (Å²) in [5, 5.41) is 11.4. The smallest absolute Gasteiger partial charge is 0.170 e. The Morgan fingerprint density at radius 3 is 2.47 bits per heavy atom. The molecule has 0 saturated carbocycles. The molecule has 0 spiro atoms. The minimum absolute atomic E-state index is 0.0431. The maximum absolute atomic E-state index is 13.3. The van der Waals surface area contributed by atoms with Crippen LogP contribution in [0.25, 0.3) is 0 Å². The van der Waals surface area contributed by atoms with Crippen LogP contribution < -0.4 is 10.5 Å². The first-order valence-corrected chi connectivity index (χ1v) is 5.65. The van der Waals surface area contributed by atoms with Gasteiger partial charge in [-0.1, -0.05) is 41.6 Å². The summed E-state index contributed by atoms with van der Waals surface area (Å²) in [5.41, 5.74) is 6.92. The molecule has 2 rings (SSSR count). The topological polar surface area (TPSA) is 67.8 Å². The molecular formula is C14H13FN2O2. The van der Waals surface area contributed by atoms with Gasteiger partial charge in [0, 0.05) is 5.56 Å². The first-order chi connectivity index (χ1) is 9.20. The van der Waals surface area contributed by atoms with Crippen molar-refractivity contribution in [2.24, 2.45) is 10.9 Å². The van der Waals surface area contributed by atoms with Crippen molar-refractivity contribution in [1.82, 2.24) is 0 Å². The van der Waals surface area contributed by atoms with E-state index in [1.807, 2.05) is 0 Å². The van der Waals surface area contributed by atoms with E-state index in [9.17, 15) is 4.39 Å². The molecule has 2 aromatic rings. The molecule has 0 radical (unpaired) electrons. The molecule has 0 amide bonds. The number of hydrogen-bond acceptors (Lipinski definition) is 3. The SMILES string of the molecule is NC(=NO)c1ccc(COc2ccccc2F)cc1. The van der Waals surface area contributed by atoms with E-state index in [-0.39, 0.29) is 18.2 Å². The van der Waals surface area contributed by atoms with Crippen molar-refractivity contribution in [2.45, 2.75) is 6.61 Å². The molecule has 0 saturated heterocycles. The minimum atomic E-state index is -0.393. The van der Waals surface area contributed by atoms with Gasteiger partial charge in [0.1, 0.15) is 6.61 Å². The highest BCUT2D eigenvalue weighted by Crippen LogP contribution is 2.17. The van der Waals surface area contributed by atoms with Crippen molar-refractivity contribution in [2.75, 3.05) is 0 Å². The Hall–Kier alpha value is -2.56. The normalized spacial score (nSPS) is 11.3. The number of rotatable bonds is 4. The van der Waals surface area contributed by atoms with Crippen molar-refractivity contribution in [1.29, 1.82) is 0 Å². The van der Waals surface area contributed by atoms with Gasteiger partial charge in [-0.2, -0.15) is 0 Å². The Morgan fingerprint density at radius 1 is 1.16 bits per heavy atom. The number of nitrogens with zero attached hydrogens (tertiary/aromatic N) is 1. The molecule has 0 aliphatic heterocycles. The average molecular weight is 260 g/mol. The minimum Gasteiger partial charge on any atom is -0.486 e. The molecule has 0 aliphatic carbocycles. The van der Waals surface area contributed by atoms with Crippen LogP contribution in [0.15, 0.2) is 53.7 Å². The van der Waals surface area contributed by atoms with Gasteiger partial charge in [0.05, 0.1) is 0 Å². The van der Waals surface area contributed by atoms with Crippen molar-refractivity contribution in [3.63, 3.8) is 0 Å². The highest BCUT2D eigenvalue weighted by atomic mass is 19.1. The molecule has 0 heterocycles. The molecule has 5 heteroatoms. The maximum Gasteiger partial charge on any atom is 0.170 e. The molecule has 4 nitrogen and oxygen atoms in total. The number of para-hydroxylation sites is 1. The first-order valence-electron chi connectivity index (χ1n) is 5.65. The van der Waals surface area contributed by atoms with E-state index in [4.69, 9.17) is 15.7 Å². The predicted octanol–water partition coefficient (Wildman–Crippen LogP) is 2.50. The zero-order valence-corrected chi connectivity index (χ0v) is 10.1. The fraction of sp³-hybridized carbons (Fsp3) is 0.0714. The highest BCUT2D eigenvalue weighted by Gasteiger charge is 2.03. The highest BCUT2D eigenvalue weighted by molar-refractivity contribution is 5.96. The van der Waals surface area contributed by atoms with Crippen LogP contribution in [0.5, 0.6) is 5.75 Å². The van der Waals surface area contributed by atoms with Crippen LogP contribution in [0.3, 0.4) is 0 Å². The van der Waals surface area contributed by atoms with Crippen molar-refractivity contribution >= 4 is 5.84 Å². The van der Waals surface area contributed by atoms with Gasteiger partial charge in [0.15, 0.2) is 17.4 Å². The fourth-order valence-electron chi connectivity index (χ4n) is 1.55. The summed E-state index contributed by atoms with van der Waals surface area (Å²) >= 11 is 0. The number of nitrogens with two attached hydrogens (primary N) is 1. The van der Waals surface area contributed by atoms with E-state index in [0.29, 0.717) is 5.56 Å². The maximum atomic E-state index is 13.3. The van der Waals surface area contributed by atoms with Gasteiger partial charge in [-0.05, 0) is 17.7 Å². The van der Waals surface area contributed by atoms with Crippen molar-refractivity contribution in [3.05, 3.63) is 65.5 Å². The van der Waals surface area contributed by atoms with Crippen LogP contribution in [0.4, 0.5) is 4.39 Å². The third-order valence-corrected chi connectivity index (χ3v) is 2.59. The third kappa shape index (κ3) is 3.22. The van der Waals surface area contributed by atoms with Crippen LogP contribution in [0.2, 0.25) is 0 Å². The van der Waals surface area contributed by atoms with Crippen LogP contribution in [0.1, 0.15) is 11.1 Å². The fourth-order valence-corrected chi connectivity index (χ4v) is 1.55. The Kier molecular flexibility index (Phi) is 3.97. The molecule has 0 unspecified atom stereocenters. The lowest BCUT2D eigenvalue weighted by Gasteiger charge is -2.07. The van der Waals surface area contributed by atoms with E-state index in [1.165, 1.54) is 6.07 Å². The average Bonchev–Trinajstić information content (AvgIpc) is 2.46. The number of benzene rings is 2. The van der Waals surface area contributed by atoms with E-state index in [0.717, 1.165) is 5.56 Å². The van der Waals surface area contributed by atoms with Crippen LogP contribution in [-0.4, -0.2) is 11.0 Å². The lowest BCUT2D eigenvalue weighted by molar-refractivity contribution is 0.290. The molecule has 0 aromatic heterocycles. The second-order valence-corrected chi connectivity index (χ2v) is 3.90. The number of hydrogen-bond donors (Lipinski definition) is 2. The summed E-state index contributed by atoms with van der Waals surface area (Å²) in [6, 6.07) is 13.2. The zero-order chi connectivity index (χ0) is 13.7. The molecule has 19 heavy (non-hydrogen) atoms. The van der Waals surface area contributed by atoms with Gasteiger partial charge in [-0.15, -0.1) is 0 Å². The first kappa shape index (κ1) is 12.9. The van der Waals surface area contributed by atoms with Crippen LogP contribution in [0, 0.1) is 5.82 Å². The summed E-state index contributed by atoms with van der Waals surface area (Å²) < 4.78 is 18.7. The Morgan fingerprint density at radius 2 is 1.84 bits per heavy atom. The van der Waals surface area contributed by atoms with E-state index >= 15 is 0 Å². The second-order valence-electron chi connectivity index (χ2n) is 3.90. The van der Waals surface area contributed by atoms with E-state index in [1.54, 1.807) is 42.5 Å². The number of oxime groups is 1. The predicted molar refractivity (Wildman–Crippen MR) is 69.7 cm³/mol. The monoisotopic (exact) mass is 260 g/mol. The summed E-state index contributed by atoms with van der Waals surface area (Å²) in [6.07, 6.45) is 0. The molecule has 2 aromatic carbocycles. The number of ether oxygens (including phenoxy) is 1. The van der Waals surface area contributed by atoms with E-state index < -0.39 is 5.82 Å². The summed E-state index contributed by atoms with van der Waals surface area (Å²) in [6.45, 7) is 0.247. The lowest BCUT2D eigenvalue weighted by atomic mass is 10.1. The molecule has 0 fully saturated rings. The molecule has 0 aliphatic rings. The molecular weight excluding hydrogens is 247 g/mol. The number of halogens is 1. The summed E-state index contributed by atoms with van der Waals surface area (Å²) in [4.78, 5) is 0.